The fraction of sp³-hybridized carbons (Fsp3) is 0.368. The van der Waals surface area contributed by atoms with E-state index < -0.39 is 10.0 Å². The molecule has 0 bridgehead atoms. The summed E-state index contributed by atoms with van der Waals surface area (Å²) in [4.78, 5) is 5.13. The van der Waals surface area contributed by atoms with Crippen molar-refractivity contribution >= 4 is 33.0 Å². The first-order valence-corrected chi connectivity index (χ1v) is 10.7. The first-order chi connectivity index (χ1) is 12.5. The largest absolute Gasteiger partial charge is 0.369 e. The number of halogens is 1. The van der Waals surface area contributed by atoms with Crippen LogP contribution in [0.2, 0.25) is 5.02 Å². The maximum absolute atomic E-state index is 12.4. The van der Waals surface area contributed by atoms with Crippen molar-refractivity contribution < 1.29 is 8.42 Å². The highest BCUT2D eigenvalue weighted by Gasteiger charge is 2.31. The van der Waals surface area contributed by atoms with E-state index in [-0.39, 0.29) is 4.90 Å². The minimum atomic E-state index is -3.61. The molecule has 1 saturated carbocycles. The molecule has 0 amide bonds. The van der Waals surface area contributed by atoms with Crippen molar-refractivity contribution in [3.8, 4) is 0 Å². The summed E-state index contributed by atoms with van der Waals surface area (Å²) in [5.41, 5.74) is 1.69. The predicted molar refractivity (Wildman–Crippen MR) is 106 cm³/mol. The Labute approximate surface area is 159 Å². The van der Waals surface area contributed by atoms with Crippen LogP contribution in [0.3, 0.4) is 0 Å². The standard InChI is InChI=1S/C19H22ClN3O2S/c20-15-1-9-19(10-2-15)26(24,25)21-16-3-5-17(6-4-16)22-11-13-23(14-12-22)18-7-8-18/h1-6,9-10,18,21H,7-8,11-14H2. The fourth-order valence-corrected chi connectivity index (χ4v) is 4.54. The van der Waals surface area contributed by atoms with E-state index in [1.807, 2.05) is 24.3 Å². The first kappa shape index (κ1) is 17.6. The fourth-order valence-electron chi connectivity index (χ4n) is 3.35. The van der Waals surface area contributed by atoms with Crippen LogP contribution in [0.1, 0.15) is 12.8 Å². The lowest BCUT2D eigenvalue weighted by Gasteiger charge is -2.36. The van der Waals surface area contributed by atoms with E-state index in [0.717, 1.165) is 37.9 Å². The van der Waals surface area contributed by atoms with E-state index >= 15 is 0 Å². The topological polar surface area (TPSA) is 52.7 Å². The van der Waals surface area contributed by atoms with Gasteiger partial charge >= 0.3 is 0 Å². The van der Waals surface area contributed by atoms with Gasteiger partial charge in [-0.1, -0.05) is 11.6 Å². The highest BCUT2D eigenvalue weighted by Crippen LogP contribution is 2.29. The molecule has 0 aromatic heterocycles. The number of anilines is 2. The molecule has 1 aliphatic carbocycles. The lowest BCUT2D eigenvalue weighted by molar-refractivity contribution is 0.248. The molecule has 2 aromatic carbocycles. The lowest BCUT2D eigenvalue weighted by atomic mass is 10.2. The van der Waals surface area contributed by atoms with Crippen LogP contribution in [0.4, 0.5) is 11.4 Å². The number of sulfonamides is 1. The zero-order chi connectivity index (χ0) is 18.1. The molecule has 26 heavy (non-hydrogen) atoms. The minimum absolute atomic E-state index is 0.196. The smallest absolute Gasteiger partial charge is 0.261 e. The van der Waals surface area contributed by atoms with Crippen molar-refractivity contribution in [2.45, 2.75) is 23.8 Å². The van der Waals surface area contributed by atoms with Crippen LogP contribution in [0.5, 0.6) is 0 Å². The van der Waals surface area contributed by atoms with Gasteiger partial charge in [0.25, 0.3) is 10.0 Å². The molecular formula is C19H22ClN3O2S. The molecule has 2 fully saturated rings. The average Bonchev–Trinajstić information content (AvgIpc) is 3.48. The Balaban J connectivity index is 1.40. The molecule has 4 rings (SSSR count). The highest BCUT2D eigenvalue weighted by atomic mass is 35.5. The van der Waals surface area contributed by atoms with Gasteiger partial charge in [-0.05, 0) is 61.4 Å². The number of nitrogens with one attached hydrogen (secondary N) is 1. The van der Waals surface area contributed by atoms with Crippen LogP contribution < -0.4 is 9.62 Å². The maximum atomic E-state index is 12.4. The summed E-state index contributed by atoms with van der Waals surface area (Å²) in [5.74, 6) is 0. The van der Waals surface area contributed by atoms with Gasteiger partial charge < -0.3 is 4.90 Å². The summed E-state index contributed by atoms with van der Waals surface area (Å²) in [6, 6.07) is 14.5. The monoisotopic (exact) mass is 391 g/mol. The van der Waals surface area contributed by atoms with Gasteiger partial charge in [0.2, 0.25) is 0 Å². The SMILES string of the molecule is O=S(=O)(Nc1ccc(N2CCN(C3CC3)CC2)cc1)c1ccc(Cl)cc1. The Morgan fingerprint density at radius 2 is 1.50 bits per heavy atom. The average molecular weight is 392 g/mol. The molecule has 1 N–H and O–H groups in total. The van der Waals surface area contributed by atoms with Gasteiger partial charge in [-0.3, -0.25) is 9.62 Å². The number of hydrogen-bond acceptors (Lipinski definition) is 4. The summed E-state index contributed by atoms with van der Waals surface area (Å²) in [7, 11) is -3.61. The summed E-state index contributed by atoms with van der Waals surface area (Å²) in [6.07, 6.45) is 2.70. The van der Waals surface area contributed by atoms with Gasteiger partial charge in [0, 0.05) is 48.6 Å². The molecule has 5 nitrogen and oxygen atoms in total. The predicted octanol–water partition coefficient (Wildman–Crippen LogP) is 3.43. The van der Waals surface area contributed by atoms with Gasteiger partial charge in [0.15, 0.2) is 0 Å². The van der Waals surface area contributed by atoms with Crippen LogP contribution in [0.15, 0.2) is 53.4 Å². The van der Waals surface area contributed by atoms with Crippen molar-refractivity contribution in [3.63, 3.8) is 0 Å². The minimum Gasteiger partial charge on any atom is -0.369 e. The lowest BCUT2D eigenvalue weighted by Crippen LogP contribution is -2.47. The Kier molecular flexibility index (Phi) is 4.82. The molecule has 138 valence electrons. The van der Waals surface area contributed by atoms with Gasteiger partial charge in [0.05, 0.1) is 4.90 Å². The van der Waals surface area contributed by atoms with Gasteiger partial charge in [0.1, 0.15) is 0 Å². The summed E-state index contributed by atoms with van der Waals surface area (Å²) >= 11 is 5.82. The first-order valence-electron chi connectivity index (χ1n) is 8.89. The number of benzene rings is 2. The summed E-state index contributed by atoms with van der Waals surface area (Å²) in [6.45, 7) is 4.25. The van der Waals surface area contributed by atoms with E-state index in [1.54, 1.807) is 12.1 Å². The second kappa shape index (κ2) is 7.10. The molecule has 0 radical (unpaired) electrons. The summed E-state index contributed by atoms with van der Waals surface area (Å²) < 4.78 is 27.5. The molecule has 2 aromatic rings. The zero-order valence-electron chi connectivity index (χ0n) is 14.4. The van der Waals surface area contributed by atoms with Crippen LogP contribution in [0.25, 0.3) is 0 Å². The Hall–Kier alpha value is -1.76. The molecule has 7 heteroatoms. The Morgan fingerprint density at radius 3 is 2.08 bits per heavy atom. The van der Waals surface area contributed by atoms with Crippen LogP contribution >= 0.6 is 11.6 Å². The van der Waals surface area contributed by atoms with Crippen LogP contribution in [-0.4, -0.2) is 45.5 Å². The maximum Gasteiger partial charge on any atom is 0.261 e. The van der Waals surface area contributed by atoms with E-state index in [1.165, 1.54) is 25.0 Å². The van der Waals surface area contributed by atoms with E-state index in [9.17, 15) is 8.42 Å². The second-order valence-electron chi connectivity index (χ2n) is 6.86. The van der Waals surface area contributed by atoms with E-state index in [0.29, 0.717) is 10.7 Å². The van der Waals surface area contributed by atoms with Crippen molar-refractivity contribution in [3.05, 3.63) is 53.6 Å². The van der Waals surface area contributed by atoms with E-state index in [2.05, 4.69) is 14.5 Å². The van der Waals surface area contributed by atoms with Crippen LogP contribution in [0, 0.1) is 0 Å². The van der Waals surface area contributed by atoms with Crippen molar-refractivity contribution in [1.29, 1.82) is 0 Å². The number of hydrogen-bond donors (Lipinski definition) is 1. The van der Waals surface area contributed by atoms with Gasteiger partial charge in [-0.2, -0.15) is 0 Å². The third kappa shape index (κ3) is 3.98. The number of rotatable bonds is 5. The molecule has 2 aliphatic rings. The molecule has 0 spiro atoms. The quantitative estimate of drug-likeness (QED) is 0.848. The highest BCUT2D eigenvalue weighted by molar-refractivity contribution is 7.92. The van der Waals surface area contributed by atoms with Gasteiger partial charge in [-0.25, -0.2) is 8.42 Å². The van der Waals surface area contributed by atoms with E-state index in [4.69, 9.17) is 11.6 Å². The number of nitrogens with zero attached hydrogens (tertiary/aromatic N) is 2. The third-order valence-electron chi connectivity index (χ3n) is 4.99. The normalized spacial score (nSPS) is 18.7. The number of piperazine rings is 1. The molecule has 0 atom stereocenters. The molecule has 0 unspecified atom stereocenters. The van der Waals surface area contributed by atoms with Crippen molar-refractivity contribution in [2.75, 3.05) is 35.8 Å². The molecule has 1 saturated heterocycles. The van der Waals surface area contributed by atoms with Gasteiger partial charge in [-0.15, -0.1) is 0 Å². The molecular weight excluding hydrogens is 370 g/mol. The Bertz CT molecular complexity index is 857. The third-order valence-corrected chi connectivity index (χ3v) is 6.64. The van der Waals surface area contributed by atoms with Crippen molar-refractivity contribution in [2.24, 2.45) is 0 Å². The Morgan fingerprint density at radius 1 is 0.885 bits per heavy atom. The molecule has 1 heterocycles. The second-order valence-corrected chi connectivity index (χ2v) is 8.98. The van der Waals surface area contributed by atoms with Crippen LogP contribution in [-0.2, 0) is 10.0 Å². The van der Waals surface area contributed by atoms with Crippen molar-refractivity contribution in [1.82, 2.24) is 4.90 Å². The molecule has 1 aliphatic heterocycles. The zero-order valence-corrected chi connectivity index (χ0v) is 16.0. The summed E-state index contributed by atoms with van der Waals surface area (Å²) in [5, 5.41) is 0.509.